The lowest BCUT2D eigenvalue weighted by Crippen LogP contribution is -2.48. The first kappa shape index (κ1) is 11.1. The van der Waals surface area contributed by atoms with Crippen molar-refractivity contribution in [3.05, 3.63) is 35.9 Å². The molecule has 1 atom stereocenters. The van der Waals surface area contributed by atoms with Crippen molar-refractivity contribution in [1.82, 2.24) is 4.90 Å². The summed E-state index contributed by atoms with van der Waals surface area (Å²) in [5.74, 6) is -0.460. The maximum Gasteiger partial charge on any atom is 0.420 e. The summed E-state index contributed by atoms with van der Waals surface area (Å²) in [4.78, 5) is 34.4. The summed E-state index contributed by atoms with van der Waals surface area (Å²) >= 11 is 0. The number of ketones is 1. The van der Waals surface area contributed by atoms with E-state index in [0.29, 0.717) is 10.5 Å². The zero-order chi connectivity index (χ0) is 12.4. The van der Waals surface area contributed by atoms with E-state index in [1.165, 1.54) is 0 Å². The van der Waals surface area contributed by atoms with Gasteiger partial charge < -0.3 is 9.84 Å². The molecule has 1 aliphatic heterocycles. The highest BCUT2D eigenvalue weighted by Crippen LogP contribution is 2.26. The van der Waals surface area contributed by atoms with E-state index in [-0.39, 0.29) is 0 Å². The molecule has 1 aromatic rings. The average Bonchev–Trinajstić information content (AvgIpc) is 2.32. The minimum Gasteiger partial charge on any atom is -0.464 e. The third-order valence-electron chi connectivity index (χ3n) is 2.42. The van der Waals surface area contributed by atoms with Crippen molar-refractivity contribution in [2.24, 2.45) is 0 Å². The predicted molar refractivity (Wildman–Crippen MR) is 55.4 cm³/mol. The third kappa shape index (κ3) is 1.96. The number of hydrogen-bond donors (Lipinski definition) is 1. The van der Waals surface area contributed by atoms with Crippen LogP contribution in [0.15, 0.2) is 30.3 Å². The third-order valence-corrected chi connectivity index (χ3v) is 2.42. The van der Waals surface area contributed by atoms with E-state index in [1.807, 2.05) is 0 Å². The molecule has 17 heavy (non-hydrogen) atoms. The van der Waals surface area contributed by atoms with Crippen LogP contribution in [0.1, 0.15) is 11.6 Å². The Bertz CT molecular complexity index is 470. The fourth-order valence-electron chi connectivity index (χ4n) is 1.69. The summed E-state index contributed by atoms with van der Waals surface area (Å²) in [6.45, 7) is -0.401. The number of imide groups is 1. The standard InChI is InChI=1S/C11H9NO5/c13-8-6-17-11(16)12(10(14)15)9(8)7-4-2-1-3-5-7/h1-5,9H,6H2,(H,14,15). The Morgan fingerprint density at radius 3 is 2.53 bits per heavy atom. The van der Waals surface area contributed by atoms with E-state index in [4.69, 9.17) is 5.11 Å². The summed E-state index contributed by atoms with van der Waals surface area (Å²) in [6, 6.07) is 7.15. The van der Waals surface area contributed by atoms with Gasteiger partial charge in [-0.05, 0) is 5.56 Å². The number of ether oxygens (including phenoxy) is 1. The molecule has 88 valence electrons. The number of nitrogens with zero attached hydrogens (tertiary/aromatic N) is 1. The van der Waals surface area contributed by atoms with Gasteiger partial charge in [0.25, 0.3) is 0 Å². The molecule has 0 saturated carbocycles. The van der Waals surface area contributed by atoms with Gasteiger partial charge in [-0.3, -0.25) is 4.79 Å². The molecule has 1 fully saturated rings. The van der Waals surface area contributed by atoms with E-state index < -0.39 is 30.6 Å². The normalized spacial score (nSPS) is 20.0. The maximum atomic E-state index is 11.7. The van der Waals surface area contributed by atoms with Gasteiger partial charge in [-0.15, -0.1) is 0 Å². The number of hydrogen-bond acceptors (Lipinski definition) is 4. The van der Waals surface area contributed by atoms with E-state index in [1.54, 1.807) is 30.3 Å². The zero-order valence-electron chi connectivity index (χ0n) is 8.70. The van der Waals surface area contributed by atoms with Gasteiger partial charge in [-0.1, -0.05) is 30.3 Å². The summed E-state index contributed by atoms with van der Waals surface area (Å²) in [5.41, 5.74) is 0.455. The molecule has 1 unspecified atom stereocenters. The molecule has 0 aromatic heterocycles. The molecule has 1 aliphatic rings. The molecular weight excluding hydrogens is 226 g/mol. The number of carbonyl (C=O) groups is 3. The molecular formula is C11H9NO5. The quantitative estimate of drug-likeness (QED) is 0.795. The molecule has 6 nitrogen and oxygen atoms in total. The Morgan fingerprint density at radius 1 is 1.29 bits per heavy atom. The number of amides is 2. The summed E-state index contributed by atoms with van der Waals surface area (Å²) in [5, 5.41) is 8.93. The molecule has 0 aliphatic carbocycles. The number of Topliss-reactive ketones (excluding diaryl/α,β-unsaturated/α-hetero) is 1. The van der Waals surface area contributed by atoms with Crippen LogP contribution in [-0.2, 0) is 9.53 Å². The van der Waals surface area contributed by atoms with Gasteiger partial charge in [0.1, 0.15) is 6.04 Å². The van der Waals surface area contributed by atoms with Crippen LogP contribution in [0.2, 0.25) is 0 Å². The van der Waals surface area contributed by atoms with Gasteiger partial charge in [0.2, 0.25) is 0 Å². The Kier molecular flexibility index (Phi) is 2.78. The van der Waals surface area contributed by atoms with Gasteiger partial charge >= 0.3 is 12.2 Å². The van der Waals surface area contributed by atoms with Gasteiger partial charge in [0, 0.05) is 0 Å². The summed E-state index contributed by atoms with van der Waals surface area (Å²) < 4.78 is 4.47. The molecule has 0 spiro atoms. The number of carboxylic acid groups (broad SMARTS) is 1. The molecule has 6 heteroatoms. The van der Waals surface area contributed by atoms with Crippen LogP contribution in [0, 0.1) is 0 Å². The highest BCUT2D eigenvalue weighted by atomic mass is 16.6. The zero-order valence-corrected chi connectivity index (χ0v) is 8.70. The van der Waals surface area contributed by atoms with Gasteiger partial charge in [-0.2, -0.15) is 4.90 Å². The topological polar surface area (TPSA) is 83.9 Å². The predicted octanol–water partition coefficient (Wildman–Crippen LogP) is 1.43. The van der Waals surface area contributed by atoms with Crippen molar-refractivity contribution < 1.29 is 24.2 Å². The van der Waals surface area contributed by atoms with Crippen LogP contribution >= 0.6 is 0 Å². The Hall–Kier alpha value is -2.37. The number of carbonyl (C=O) groups excluding carboxylic acids is 2. The van der Waals surface area contributed by atoms with E-state index in [0.717, 1.165) is 0 Å². The fourth-order valence-corrected chi connectivity index (χ4v) is 1.69. The number of cyclic esters (lactones) is 1. The number of benzene rings is 1. The average molecular weight is 235 g/mol. The largest absolute Gasteiger partial charge is 0.464 e. The van der Waals surface area contributed by atoms with Crippen LogP contribution in [0.3, 0.4) is 0 Å². The summed E-state index contributed by atoms with van der Waals surface area (Å²) in [6.07, 6.45) is -2.53. The first-order valence-corrected chi connectivity index (χ1v) is 4.88. The van der Waals surface area contributed by atoms with Crippen LogP contribution in [0.25, 0.3) is 0 Å². The summed E-state index contributed by atoms with van der Waals surface area (Å²) in [7, 11) is 0. The first-order chi connectivity index (χ1) is 8.11. The van der Waals surface area contributed by atoms with Crippen molar-refractivity contribution in [2.45, 2.75) is 6.04 Å². The van der Waals surface area contributed by atoms with E-state index in [2.05, 4.69) is 4.74 Å². The fraction of sp³-hybridized carbons (Fsp3) is 0.182. The lowest BCUT2D eigenvalue weighted by molar-refractivity contribution is -0.130. The minimum absolute atomic E-state index is 0.401. The van der Waals surface area contributed by atoms with Gasteiger partial charge in [0.05, 0.1) is 0 Å². The Morgan fingerprint density at radius 2 is 1.94 bits per heavy atom. The van der Waals surface area contributed by atoms with Gasteiger partial charge in [-0.25, -0.2) is 9.59 Å². The highest BCUT2D eigenvalue weighted by Gasteiger charge is 2.41. The number of rotatable bonds is 1. The molecule has 1 N–H and O–H groups in total. The molecule has 1 saturated heterocycles. The van der Waals surface area contributed by atoms with Crippen molar-refractivity contribution in [3.63, 3.8) is 0 Å². The molecule has 2 rings (SSSR count). The second-order valence-corrected chi connectivity index (χ2v) is 3.49. The second kappa shape index (κ2) is 4.25. The SMILES string of the molecule is O=C1COC(=O)N(C(=O)O)C1c1ccccc1. The Labute approximate surface area is 96.4 Å². The smallest absolute Gasteiger partial charge is 0.420 e. The van der Waals surface area contributed by atoms with E-state index in [9.17, 15) is 14.4 Å². The van der Waals surface area contributed by atoms with Crippen LogP contribution in [-0.4, -0.2) is 34.6 Å². The van der Waals surface area contributed by atoms with Crippen molar-refractivity contribution in [2.75, 3.05) is 6.61 Å². The molecule has 0 bridgehead atoms. The van der Waals surface area contributed by atoms with Crippen molar-refractivity contribution in [3.8, 4) is 0 Å². The lowest BCUT2D eigenvalue weighted by atomic mass is 10.0. The Balaban J connectivity index is 2.43. The second-order valence-electron chi connectivity index (χ2n) is 3.49. The van der Waals surface area contributed by atoms with Crippen LogP contribution < -0.4 is 0 Å². The maximum absolute atomic E-state index is 11.7. The van der Waals surface area contributed by atoms with Crippen molar-refractivity contribution in [1.29, 1.82) is 0 Å². The van der Waals surface area contributed by atoms with Crippen LogP contribution in [0.5, 0.6) is 0 Å². The monoisotopic (exact) mass is 235 g/mol. The molecule has 1 aromatic carbocycles. The van der Waals surface area contributed by atoms with Crippen LogP contribution in [0.4, 0.5) is 9.59 Å². The van der Waals surface area contributed by atoms with Crippen molar-refractivity contribution >= 4 is 18.0 Å². The molecule has 1 heterocycles. The highest BCUT2D eigenvalue weighted by molar-refractivity contribution is 6.00. The minimum atomic E-state index is -1.50. The molecule has 2 amide bonds. The molecule has 0 radical (unpaired) electrons. The lowest BCUT2D eigenvalue weighted by Gasteiger charge is -2.30. The van der Waals surface area contributed by atoms with E-state index >= 15 is 0 Å². The first-order valence-electron chi connectivity index (χ1n) is 4.88. The van der Waals surface area contributed by atoms with Gasteiger partial charge in [0.15, 0.2) is 12.4 Å².